The summed E-state index contributed by atoms with van der Waals surface area (Å²) in [5.41, 5.74) is 0. The van der Waals surface area contributed by atoms with Gasteiger partial charge in [-0.2, -0.15) is 16.8 Å². The molecule has 0 saturated heterocycles. The maximum absolute atomic E-state index is 11.2. The molecule has 0 fully saturated rings. The van der Waals surface area contributed by atoms with Gasteiger partial charge in [-0.1, -0.05) is 39.0 Å². The minimum atomic E-state index is -4.04. The van der Waals surface area contributed by atoms with Crippen molar-refractivity contribution in [1.82, 2.24) is 0 Å². The second-order valence-electron chi connectivity index (χ2n) is 5.24. The SMILES string of the molecule is CCCCCC(CCCCC(C)S(=O)(=O)O)S(=O)(=O)O.[H-].[Na+]. The van der Waals surface area contributed by atoms with E-state index in [4.69, 9.17) is 9.11 Å². The fourth-order valence-corrected chi connectivity index (χ4v) is 3.41. The van der Waals surface area contributed by atoms with Gasteiger partial charge in [-0.05, 0) is 26.2 Å². The number of unbranched alkanes of at least 4 members (excludes halogenated alkanes) is 3. The average molecular weight is 354 g/mol. The molecule has 0 heterocycles. The van der Waals surface area contributed by atoms with E-state index in [0.29, 0.717) is 25.7 Å². The standard InChI is InChI=1S/C12H26O6S2.Na.H/c1-3-4-5-9-12(20(16,17)18)10-7-6-8-11(2)19(13,14)15;;/h11-12H,3-10H2,1-2H3,(H,13,14,15)(H,16,17,18);;/q;+1;-1. The van der Waals surface area contributed by atoms with Crippen molar-refractivity contribution < 1.29 is 56.9 Å². The van der Waals surface area contributed by atoms with E-state index in [1.807, 2.05) is 6.92 Å². The van der Waals surface area contributed by atoms with Crippen LogP contribution in [0.2, 0.25) is 0 Å². The molecule has 0 saturated carbocycles. The zero-order valence-electron chi connectivity index (χ0n) is 14.2. The Hall–Kier alpha value is 0.820. The van der Waals surface area contributed by atoms with Gasteiger partial charge in [-0.3, -0.25) is 9.11 Å². The van der Waals surface area contributed by atoms with E-state index in [9.17, 15) is 16.8 Å². The summed E-state index contributed by atoms with van der Waals surface area (Å²) in [5, 5.41) is -1.61. The average Bonchev–Trinajstić information content (AvgIpc) is 2.29. The Morgan fingerprint density at radius 1 is 0.857 bits per heavy atom. The molecule has 21 heavy (non-hydrogen) atoms. The van der Waals surface area contributed by atoms with E-state index >= 15 is 0 Å². The molecule has 0 aromatic heterocycles. The fourth-order valence-electron chi connectivity index (χ4n) is 2.02. The molecule has 0 aromatic rings. The molecule has 0 rings (SSSR count). The van der Waals surface area contributed by atoms with Crippen LogP contribution in [0.5, 0.6) is 0 Å². The fraction of sp³-hybridized carbons (Fsp3) is 1.00. The van der Waals surface area contributed by atoms with Crippen LogP contribution in [0.15, 0.2) is 0 Å². The molecule has 0 amide bonds. The van der Waals surface area contributed by atoms with Crippen LogP contribution in [-0.4, -0.2) is 36.4 Å². The number of hydrogen-bond donors (Lipinski definition) is 2. The predicted molar refractivity (Wildman–Crippen MR) is 80.1 cm³/mol. The zero-order chi connectivity index (χ0) is 15.8. The molecule has 0 bridgehead atoms. The molecule has 0 radical (unpaired) electrons. The first-order chi connectivity index (χ1) is 9.09. The van der Waals surface area contributed by atoms with Gasteiger partial charge in [0.15, 0.2) is 0 Å². The van der Waals surface area contributed by atoms with Gasteiger partial charge in [-0.25, -0.2) is 0 Å². The molecule has 0 aliphatic carbocycles. The number of hydrogen-bond acceptors (Lipinski definition) is 4. The van der Waals surface area contributed by atoms with E-state index in [0.717, 1.165) is 19.3 Å². The van der Waals surface area contributed by atoms with Crippen LogP contribution in [0.4, 0.5) is 0 Å². The Morgan fingerprint density at radius 3 is 1.67 bits per heavy atom. The Labute approximate surface area is 152 Å². The normalized spacial score (nSPS) is 15.2. The number of rotatable bonds is 11. The largest absolute Gasteiger partial charge is 1.00 e. The van der Waals surface area contributed by atoms with E-state index in [1.165, 1.54) is 6.92 Å². The summed E-state index contributed by atoms with van der Waals surface area (Å²) in [5.74, 6) is 0. The molecule has 2 N–H and O–H groups in total. The molecule has 0 aromatic carbocycles. The summed E-state index contributed by atoms with van der Waals surface area (Å²) in [4.78, 5) is 0. The van der Waals surface area contributed by atoms with Crippen LogP contribution in [0, 0.1) is 0 Å². The maximum Gasteiger partial charge on any atom is 1.00 e. The van der Waals surface area contributed by atoms with Crippen LogP contribution in [0.25, 0.3) is 0 Å². The van der Waals surface area contributed by atoms with Gasteiger partial charge in [-0.15, -0.1) is 0 Å². The summed E-state index contributed by atoms with van der Waals surface area (Å²) >= 11 is 0. The van der Waals surface area contributed by atoms with Crippen molar-refractivity contribution in [1.29, 1.82) is 0 Å². The van der Waals surface area contributed by atoms with Crippen LogP contribution in [0.3, 0.4) is 0 Å². The summed E-state index contributed by atoms with van der Waals surface area (Å²) < 4.78 is 62.0. The van der Waals surface area contributed by atoms with E-state index in [-0.39, 0.29) is 37.4 Å². The van der Waals surface area contributed by atoms with Gasteiger partial charge in [0.2, 0.25) is 0 Å². The first kappa shape index (κ1) is 24.1. The minimum Gasteiger partial charge on any atom is -1.00 e. The van der Waals surface area contributed by atoms with E-state index in [1.54, 1.807) is 0 Å². The molecular weight excluding hydrogens is 327 g/mol. The topological polar surface area (TPSA) is 109 Å². The van der Waals surface area contributed by atoms with Crippen molar-refractivity contribution in [3.63, 3.8) is 0 Å². The monoisotopic (exact) mass is 354 g/mol. The van der Waals surface area contributed by atoms with Gasteiger partial charge in [0.25, 0.3) is 20.2 Å². The van der Waals surface area contributed by atoms with Gasteiger partial charge in [0.1, 0.15) is 0 Å². The Bertz CT molecular complexity index is 466. The third kappa shape index (κ3) is 12.0. The molecule has 0 aliphatic rings. The van der Waals surface area contributed by atoms with Gasteiger partial charge >= 0.3 is 29.6 Å². The molecule has 0 spiro atoms. The molecule has 6 nitrogen and oxygen atoms in total. The van der Waals surface area contributed by atoms with Crippen LogP contribution < -0.4 is 29.6 Å². The van der Waals surface area contributed by atoms with Crippen molar-refractivity contribution >= 4 is 20.2 Å². The smallest absolute Gasteiger partial charge is 1.00 e. The zero-order valence-corrected chi connectivity index (χ0v) is 16.8. The summed E-state index contributed by atoms with van der Waals surface area (Å²) in [6.07, 6.45) is 4.70. The molecule has 2 atom stereocenters. The first-order valence-corrected chi connectivity index (χ1v) is 10.0. The molecule has 0 aliphatic heterocycles. The third-order valence-electron chi connectivity index (χ3n) is 3.45. The Balaban J connectivity index is -0.00000180. The summed E-state index contributed by atoms with van der Waals surface area (Å²) in [6.45, 7) is 3.43. The quantitative estimate of drug-likeness (QED) is 0.302. The second kappa shape index (κ2) is 11.4. The Kier molecular flexibility index (Phi) is 13.0. The third-order valence-corrected chi connectivity index (χ3v) is 6.01. The first-order valence-electron chi connectivity index (χ1n) is 7.01. The van der Waals surface area contributed by atoms with E-state index < -0.39 is 30.7 Å². The summed E-state index contributed by atoms with van der Waals surface area (Å²) in [7, 11) is -8.06. The van der Waals surface area contributed by atoms with Crippen molar-refractivity contribution in [2.24, 2.45) is 0 Å². The van der Waals surface area contributed by atoms with Gasteiger partial charge < -0.3 is 1.43 Å². The van der Waals surface area contributed by atoms with Gasteiger partial charge in [0, 0.05) is 0 Å². The van der Waals surface area contributed by atoms with Crippen molar-refractivity contribution in [3.8, 4) is 0 Å². The summed E-state index contributed by atoms with van der Waals surface area (Å²) in [6, 6.07) is 0. The molecular formula is C12H27NaO6S2. The minimum absolute atomic E-state index is 0. The maximum atomic E-state index is 11.2. The van der Waals surface area contributed by atoms with Gasteiger partial charge in [0.05, 0.1) is 10.5 Å². The van der Waals surface area contributed by atoms with Crippen LogP contribution in [-0.2, 0) is 20.2 Å². The molecule has 124 valence electrons. The second-order valence-corrected chi connectivity index (χ2v) is 8.77. The van der Waals surface area contributed by atoms with Crippen molar-refractivity contribution in [2.75, 3.05) is 0 Å². The Morgan fingerprint density at radius 2 is 1.29 bits per heavy atom. The van der Waals surface area contributed by atoms with E-state index in [2.05, 4.69) is 0 Å². The van der Waals surface area contributed by atoms with Crippen molar-refractivity contribution in [2.45, 2.75) is 75.7 Å². The van der Waals surface area contributed by atoms with Crippen LogP contribution in [0.1, 0.15) is 66.6 Å². The molecule has 2 unspecified atom stereocenters. The van der Waals surface area contributed by atoms with Crippen LogP contribution >= 0.6 is 0 Å². The van der Waals surface area contributed by atoms with Crippen molar-refractivity contribution in [3.05, 3.63) is 0 Å². The predicted octanol–water partition coefficient (Wildman–Crippen LogP) is -0.224. The molecule has 9 heteroatoms.